The van der Waals surface area contributed by atoms with Crippen molar-refractivity contribution >= 4 is 23.7 Å². The van der Waals surface area contributed by atoms with Gasteiger partial charge in [-0.1, -0.05) is 49.7 Å². The molecule has 0 unspecified atom stereocenters. The van der Waals surface area contributed by atoms with Gasteiger partial charge in [0.05, 0.1) is 23.4 Å². The van der Waals surface area contributed by atoms with Crippen molar-refractivity contribution < 1.29 is 33.7 Å². The molecule has 0 aromatic heterocycles. The maximum atomic E-state index is 13.7. The summed E-state index contributed by atoms with van der Waals surface area (Å²) >= 11 is 0. The highest BCUT2D eigenvalue weighted by Crippen LogP contribution is 2.30. The second kappa shape index (κ2) is 14.1. The Morgan fingerprint density at radius 2 is 1.65 bits per heavy atom. The van der Waals surface area contributed by atoms with E-state index >= 15 is 0 Å². The van der Waals surface area contributed by atoms with Crippen LogP contribution in [0.5, 0.6) is 11.5 Å². The van der Waals surface area contributed by atoms with Crippen LogP contribution in [0.4, 0.5) is 10.5 Å². The summed E-state index contributed by atoms with van der Waals surface area (Å²) in [5.74, 6) is -0.789. The van der Waals surface area contributed by atoms with E-state index in [-0.39, 0.29) is 29.0 Å². The van der Waals surface area contributed by atoms with E-state index in [0.717, 1.165) is 24.0 Å². The highest BCUT2D eigenvalue weighted by atomic mass is 16.6. The normalized spacial score (nSPS) is 13.7. The quantitative estimate of drug-likeness (QED) is 0.240. The van der Waals surface area contributed by atoms with Crippen molar-refractivity contribution in [2.45, 2.75) is 65.1 Å². The largest absolute Gasteiger partial charge is 0.493 e. The van der Waals surface area contributed by atoms with Gasteiger partial charge in [-0.3, -0.25) is 4.79 Å². The average Bonchev–Trinajstić information content (AvgIpc) is 2.97. The third-order valence-electron chi connectivity index (χ3n) is 6.95. The molecule has 0 aliphatic carbocycles. The molecule has 4 rings (SSSR count). The van der Waals surface area contributed by atoms with E-state index in [9.17, 15) is 19.5 Å². The topological polar surface area (TPSA) is 114 Å². The highest BCUT2D eigenvalue weighted by Gasteiger charge is 2.28. The Labute approximate surface area is 252 Å². The second-order valence-electron chi connectivity index (χ2n) is 11.5. The maximum Gasteiger partial charge on any atom is 0.410 e. The van der Waals surface area contributed by atoms with Crippen LogP contribution >= 0.6 is 0 Å². The molecular formula is C34H40N2O7. The molecule has 0 spiro atoms. The minimum Gasteiger partial charge on any atom is -0.493 e. The first-order valence-electron chi connectivity index (χ1n) is 14.7. The Hall–Kier alpha value is -4.53. The van der Waals surface area contributed by atoms with Gasteiger partial charge in [-0.2, -0.15) is 0 Å². The van der Waals surface area contributed by atoms with Crippen molar-refractivity contribution in [1.29, 1.82) is 0 Å². The van der Waals surface area contributed by atoms with Crippen molar-refractivity contribution in [1.82, 2.24) is 4.90 Å². The number of hydrogen-bond donors (Lipinski definition) is 2. The molecule has 0 atom stereocenters. The monoisotopic (exact) mass is 588 g/mol. The Kier molecular flexibility index (Phi) is 10.3. The highest BCUT2D eigenvalue weighted by molar-refractivity contribution is 6.09. The molecule has 43 heavy (non-hydrogen) atoms. The molecule has 1 aliphatic heterocycles. The third kappa shape index (κ3) is 8.73. The molecular weight excluding hydrogens is 548 g/mol. The fourth-order valence-corrected chi connectivity index (χ4v) is 4.72. The zero-order chi connectivity index (χ0) is 31.0. The van der Waals surface area contributed by atoms with E-state index in [1.807, 2.05) is 51.1 Å². The molecule has 9 heteroatoms. The number of piperidine rings is 1. The van der Waals surface area contributed by atoms with Gasteiger partial charge in [-0.25, -0.2) is 9.59 Å². The minimum absolute atomic E-state index is 0.0226. The number of nitrogens with one attached hydrogen (secondary N) is 1. The summed E-state index contributed by atoms with van der Waals surface area (Å²) < 4.78 is 17.7. The van der Waals surface area contributed by atoms with Gasteiger partial charge >= 0.3 is 12.1 Å². The van der Waals surface area contributed by atoms with E-state index in [0.29, 0.717) is 44.0 Å². The van der Waals surface area contributed by atoms with E-state index in [4.69, 9.17) is 14.2 Å². The Bertz CT molecular complexity index is 1420. The van der Waals surface area contributed by atoms with Gasteiger partial charge in [0.2, 0.25) is 0 Å². The number of carbonyl (C=O) groups is 3. The molecule has 2 N–H and O–H groups in total. The second-order valence-corrected chi connectivity index (χ2v) is 11.5. The minimum atomic E-state index is -1.15. The fraction of sp³-hybridized carbons (Fsp3) is 0.382. The van der Waals surface area contributed by atoms with Crippen LogP contribution in [-0.2, 0) is 4.74 Å². The van der Waals surface area contributed by atoms with Gasteiger partial charge in [0, 0.05) is 25.9 Å². The van der Waals surface area contributed by atoms with Crippen molar-refractivity contribution in [3.63, 3.8) is 0 Å². The molecule has 1 fully saturated rings. The SMILES string of the molecule is CCCCOc1ccc(OC2CCN(C(=O)OC(C)(C)C)CC2)cc1C(=O)Nc1cc(-c2ccccc2)ccc1C(=O)O. The van der Waals surface area contributed by atoms with Crippen LogP contribution in [0.15, 0.2) is 66.7 Å². The first-order valence-corrected chi connectivity index (χ1v) is 14.7. The molecule has 1 saturated heterocycles. The van der Waals surface area contributed by atoms with E-state index in [1.165, 1.54) is 6.07 Å². The number of carbonyl (C=O) groups excluding carboxylic acids is 2. The van der Waals surface area contributed by atoms with Gasteiger partial charge in [0.1, 0.15) is 23.2 Å². The summed E-state index contributed by atoms with van der Waals surface area (Å²) in [4.78, 5) is 39.8. The summed E-state index contributed by atoms with van der Waals surface area (Å²) in [6.07, 6.45) is 2.49. The number of unbranched alkanes of at least 4 members (excludes halogenated alkanes) is 1. The molecule has 9 nitrogen and oxygen atoms in total. The van der Waals surface area contributed by atoms with E-state index in [2.05, 4.69) is 12.2 Å². The number of carboxylic acids is 1. The summed E-state index contributed by atoms with van der Waals surface area (Å²) in [5.41, 5.74) is 1.50. The number of ether oxygens (including phenoxy) is 3. The number of hydrogen-bond acceptors (Lipinski definition) is 6. The number of likely N-dealkylation sites (tertiary alicyclic amines) is 1. The smallest absolute Gasteiger partial charge is 0.410 e. The van der Waals surface area contributed by atoms with Crippen LogP contribution in [0, 0.1) is 0 Å². The number of carboxylic acid groups (broad SMARTS) is 1. The molecule has 1 aliphatic rings. The lowest BCUT2D eigenvalue weighted by atomic mass is 10.0. The fourth-order valence-electron chi connectivity index (χ4n) is 4.72. The number of nitrogens with zero attached hydrogens (tertiary/aromatic N) is 1. The lowest BCUT2D eigenvalue weighted by molar-refractivity contribution is 0.0126. The zero-order valence-electron chi connectivity index (χ0n) is 25.2. The predicted octanol–water partition coefficient (Wildman–Crippen LogP) is 7.26. The van der Waals surface area contributed by atoms with E-state index in [1.54, 1.807) is 35.2 Å². The number of aromatic carboxylic acids is 1. The van der Waals surface area contributed by atoms with Crippen molar-refractivity contribution in [2.75, 3.05) is 25.0 Å². The lowest BCUT2D eigenvalue weighted by Crippen LogP contribution is -2.44. The van der Waals surface area contributed by atoms with Gasteiger partial charge in [0.25, 0.3) is 5.91 Å². The van der Waals surface area contributed by atoms with Gasteiger partial charge in [-0.15, -0.1) is 0 Å². The van der Waals surface area contributed by atoms with Crippen molar-refractivity contribution in [2.24, 2.45) is 0 Å². The van der Waals surface area contributed by atoms with Gasteiger partial charge < -0.3 is 29.5 Å². The Balaban J connectivity index is 1.53. The van der Waals surface area contributed by atoms with Crippen LogP contribution < -0.4 is 14.8 Å². The Morgan fingerprint density at radius 1 is 0.930 bits per heavy atom. The van der Waals surface area contributed by atoms with Crippen molar-refractivity contribution in [3.05, 3.63) is 77.9 Å². The number of amides is 2. The van der Waals surface area contributed by atoms with Crippen LogP contribution in [-0.4, -0.2) is 59.4 Å². The average molecular weight is 589 g/mol. The molecule has 228 valence electrons. The number of benzene rings is 3. The molecule has 2 amide bonds. The first-order chi connectivity index (χ1) is 20.5. The maximum absolute atomic E-state index is 13.7. The molecule has 3 aromatic carbocycles. The van der Waals surface area contributed by atoms with Crippen LogP contribution in [0.3, 0.4) is 0 Å². The van der Waals surface area contributed by atoms with Crippen LogP contribution in [0.25, 0.3) is 11.1 Å². The predicted molar refractivity (Wildman–Crippen MR) is 165 cm³/mol. The number of anilines is 1. The summed E-state index contributed by atoms with van der Waals surface area (Å²) in [7, 11) is 0. The van der Waals surface area contributed by atoms with Gasteiger partial charge in [-0.05, 0) is 68.7 Å². The first kappa shape index (κ1) is 31.4. The van der Waals surface area contributed by atoms with Crippen LogP contribution in [0.2, 0.25) is 0 Å². The number of rotatable bonds is 10. The lowest BCUT2D eigenvalue weighted by Gasteiger charge is -2.33. The standard InChI is InChI=1S/C34H40N2O7/c1-5-6-20-41-30-15-13-26(42-25-16-18-36(19-17-25)33(40)43-34(2,3)4)22-28(30)31(37)35-29-21-24(12-14-27(29)32(38)39)23-10-8-7-9-11-23/h7-15,21-22,25H,5-6,16-20H2,1-4H3,(H,35,37)(H,38,39). The third-order valence-corrected chi connectivity index (χ3v) is 6.95. The van der Waals surface area contributed by atoms with E-state index < -0.39 is 17.5 Å². The summed E-state index contributed by atoms with van der Waals surface area (Å²) in [6, 6.07) is 19.5. The van der Waals surface area contributed by atoms with Crippen molar-refractivity contribution in [3.8, 4) is 22.6 Å². The molecule has 0 radical (unpaired) electrons. The molecule has 3 aromatic rings. The summed E-state index contributed by atoms with van der Waals surface area (Å²) in [5, 5.41) is 12.6. The molecule has 0 saturated carbocycles. The molecule has 1 heterocycles. The molecule has 0 bridgehead atoms. The summed E-state index contributed by atoms with van der Waals surface area (Å²) in [6.45, 7) is 9.01. The van der Waals surface area contributed by atoms with Gasteiger partial charge in [0.15, 0.2) is 0 Å². The zero-order valence-corrected chi connectivity index (χ0v) is 25.2. The van der Waals surface area contributed by atoms with Crippen LogP contribution in [0.1, 0.15) is 74.1 Å². The Morgan fingerprint density at radius 3 is 2.30 bits per heavy atom.